The lowest BCUT2D eigenvalue weighted by Gasteiger charge is -2.41. The van der Waals surface area contributed by atoms with E-state index in [1.807, 2.05) is 26.2 Å². The number of likely N-dealkylation sites (tertiary alicyclic amines) is 5. The number of pyridine rings is 4. The van der Waals surface area contributed by atoms with E-state index in [4.69, 9.17) is 50.4 Å². The van der Waals surface area contributed by atoms with Crippen LogP contribution in [0.3, 0.4) is 0 Å². The molecule has 117 heavy (non-hydrogen) atoms. The van der Waals surface area contributed by atoms with Gasteiger partial charge in [0.2, 0.25) is 0 Å². The van der Waals surface area contributed by atoms with E-state index < -0.39 is 0 Å². The maximum Gasteiger partial charge on any atom is 0.271 e. The van der Waals surface area contributed by atoms with Gasteiger partial charge in [-0.25, -0.2) is 0 Å². The number of piperidine rings is 4. The Balaban J connectivity index is 0.000000165. The summed E-state index contributed by atoms with van der Waals surface area (Å²) >= 11 is 0. The van der Waals surface area contributed by atoms with Crippen molar-refractivity contribution < 1.29 is 57.3 Å². The average Bonchev–Trinajstić information content (AvgIpc) is 1.60. The number of methoxy groups -OCH3 is 4. The van der Waals surface area contributed by atoms with Crippen molar-refractivity contribution in [2.24, 2.45) is 5.73 Å². The standard InChI is InChI=1S/C26H33N3O3.C24H31N3O3.C22H27N3O3.C21H25N3O3/c1-4-20-24(31)16-19-18-27-22(23(30)8-7-13-28-11-5-6-12-28)17-21(19)25(20)29-14-9-26(2,32-3)10-15-29;1-6-18-22(29)14-17-16-25-20(21(28)8-7-11-26(3)4)15-19(17)23(18)27-12-9-24(2,30-5)10-13-27;1-4-16-20(27)12-15-14-24-18(19(26)6-5-9-23)13-17(15)21(16)25-10-7-22(2,28-3)8-11-25;1-6-15-18(25)11-14-13-22-17(20(26)23(3)4)12-16(14)19(15)24-9-7-21(2,27-5)8-10-24/h1,17-18H,5-16H2,2-3H3;1,15-16H,7-14H2,2-5H3;1,13-14H,5-12,23H2,2-3H3;1,12-13H,7-11H2,2-5H3. The van der Waals surface area contributed by atoms with Crippen LogP contribution in [0.4, 0.5) is 0 Å². The van der Waals surface area contributed by atoms with Crippen LogP contribution < -0.4 is 5.73 Å². The molecular formula is C93H116N12O12. The summed E-state index contributed by atoms with van der Waals surface area (Å²) in [6.45, 7) is 18.9. The average molecular weight is 1590 g/mol. The lowest BCUT2D eigenvalue weighted by Crippen LogP contribution is -2.43. The molecule has 13 rings (SSSR count). The second-order valence-corrected chi connectivity index (χ2v) is 33.3. The summed E-state index contributed by atoms with van der Waals surface area (Å²) < 4.78 is 22.6. The van der Waals surface area contributed by atoms with Gasteiger partial charge >= 0.3 is 0 Å². The van der Waals surface area contributed by atoms with Crippen molar-refractivity contribution in [3.63, 3.8) is 0 Å². The number of carbonyl (C=O) groups is 8. The zero-order valence-corrected chi connectivity index (χ0v) is 70.7. The number of ether oxygens (including phenoxy) is 4. The van der Waals surface area contributed by atoms with Gasteiger partial charge in [-0.1, -0.05) is 23.7 Å². The van der Waals surface area contributed by atoms with Crippen LogP contribution in [0.25, 0.3) is 22.8 Å². The van der Waals surface area contributed by atoms with Crippen LogP contribution in [0, 0.1) is 49.4 Å². The fourth-order valence-electron chi connectivity index (χ4n) is 16.5. The molecule has 4 aromatic heterocycles. The maximum absolute atomic E-state index is 12.9. The third-order valence-corrected chi connectivity index (χ3v) is 24.7. The molecule has 9 aliphatic rings. The zero-order valence-electron chi connectivity index (χ0n) is 70.7. The number of rotatable bonds is 23. The summed E-state index contributed by atoms with van der Waals surface area (Å²) in [6.07, 6.45) is 43.2. The van der Waals surface area contributed by atoms with Crippen LogP contribution in [0.15, 0.2) is 71.3 Å². The smallest absolute Gasteiger partial charge is 0.271 e. The number of aromatic nitrogens is 4. The molecule has 0 aromatic carbocycles. The van der Waals surface area contributed by atoms with Crippen molar-refractivity contribution >= 4 is 69.2 Å². The Hall–Kier alpha value is -10.1. The molecule has 5 fully saturated rings. The number of hydrogen-bond donors (Lipinski definition) is 1. The summed E-state index contributed by atoms with van der Waals surface area (Å²) in [5.74, 6) is 10.0. The van der Waals surface area contributed by atoms with Crippen molar-refractivity contribution in [1.29, 1.82) is 0 Å². The molecule has 5 saturated heterocycles. The summed E-state index contributed by atoms with van der Waals surface area (Å²) in [4.78, 5) is 133. The number of allylic oxidation sites excluding steroid dienone is 4. The van der Waals surface area contributed by atoms with Gasteiger partial charge in [0.25, 0.3) is 5.91 Å². The monoisotopic (exact) mass is 1590 g/mol. The molecule has 0 spiro atoms. The Morgan fingerprint density at radius 1 is 0.419 bits per heavy atom. The van der Waals surface area contributed by atoms with E-state index >= 15 is 0 Å². The minimum atomic E-state index is -0.179. The van der Waals surface area contributed by atoms with Crippen LogP contribution in [-0.2, 0) is 63.8 Å². The SMILES string of the molecule is C#CC1=C(N2CCC(C)(OC)CC2)c2cc(C(=O)CCCN(C)C)ncc2CC1=O.C#CC1=C(N2CCC(C)(OC)CC2)c2cc(C(=O)CCCN)ncc2CC1=O.C#CC1=C(N2CCC(C)(OC)CC2)c2cc(C(=O)CCCN3CCCC3)ncc2CC1=O.C#CC1=C(N2CCC(C)(OC)CC2)c2cc(C(=O)N(C)C)ncc2CC1=O. The second-order valence-electron chi connectivity index (χ2n) is 33.3. The van der Waals surface area contributed by atoms with Crippen molar-refractivity contribution in [3.8, 4) is 49.4 Å². The van der Waals surface area contributed by atoms with Crippen molar-refractivity contribution in [3.05, 3.63) is 139 Å². The predicted molar refractivity (Wildman–Crippen MR) is 452 cm³/mol. The first-order chi connectivity index (χ1) is 55.9. The minimum Gasteiger partial charge on any atom is -0.378 e. The molecule has 2 N–H and O–H groups in total. The van der Waals surface area contributed by atoms with Crippen LogP contribution in [-0.4, -0.2) is 265 Å². The van der Waals surface area contributed by atoms with Crippen LogP contribution >= 0.6 is 0 Å². The highest BCUT2D eigenvalue weighted by molar-refractivity contribution is 6.13. The second kappa shape index (κ2) is 39.4. The molecule has 9 heterocycles. The van der Waals surface area contributed by atoms with Crippen molar-refractivity contribution in [1.82, 2.24) is 54.2 Å². The number of hydrogen-bond acceptors (Lipinski definition) is 23. The van der Waals surface area contributed by atoms with Gasteiger partial charge in [-0.05, 0) is 205 Å². The third-order valence-electron chi connectivity index (χ3n) is 24.7. The van der Waals surface area contributed by atoms with Crippen LogP contribution in [0.2, 0.25) is 0 Å². The number of nitrogens with zero attached hydrogens (tertiary/aromatic N) is 11. The quantitative estimate of drug-likeness (QED) is 0.0534. The zero-order chi connectivity index (χ0) is 84.7. The first-order valence-electron chi connectivity index (χ1n) is 41.0. The van der Waals surface area contributed by atoms with E-state index in [9.17, 15) is 38.4 Å². The number of nitrogens with two attached hydrogens (primary N) is 1. The summed E-state index contributed by atoms with van der Waals surface area (Å²) in [6, 6.07) is 7.24. The van der Waals surface area contributed by atoms with E-state index in [1.54, 1.807) is 79.5 Å². The predicted octanol–water partition coefficient (Wildman–Crippen LogP) is 9.41. The van der Waals surface area contributed by atoms with E-state index in [0.717, 1.165) is 210 Å². The maximum atomic E-state index is 12.9. The number of Topliss-reactive ketones (excluding diaryl/α,β-unsaturated/α-hetero) is 7. The highest BCUT2D eigenvalue weighted by Gasteiger charge is 2.41. The molecule has 0 atom stereocenters. The topological polar surface area (TPSA) is 274 Å². The number of carbonyl (C=O) groups excluding carboxylic acids is 8. The summed E-state index contributed by atoms with van der Waals surface area (Å²) in [7, 11) is 14.3. The Labute approximate surface area is 691 Å². The van der Waals surface area contributed by atoms with Crippen LogP contribution in [0.1, 0.15) is 217 Å². The Morgan fingerprint density at radius 2 is 0.684 bits per heavy atom. The Bertz CT molecular complexity index is 4770. The van der Waals surface area contributed by atoms with Crippen molar-refractivity contribution in [2.45, 2.75) is 179 Å². The highest BCUT2D eigenvalue weighted by atomic mass is 16.5. The molecule has 0 radical (unpaired) electrons. The lowest BCUT2D eigenvalue weighted by molar-refractivity contribution is -0.115. The van der Waals surface area contributed by atoms with E-state index in [1.165, 1.54) is 17.7 Å². The molecule has 620 valence electrons. The van der Waals surface area contributed by atoms with E-state index in [2.05, 4.69) is 101 Å². The van der Waals surface area contributed by atoms with Gasteiger partial charge < -0.3 is 59.0 Å². The molecule has 1 amide bonds. The van der Waals surface area contributed by atoms with E-state index in [0.29, 0.717) is 77.3 Å². The Kier molecular flexibility index (Phi) is 30.1. The molecule has 0 saturated carbocycles. The molecule has 4 aliphatic carbocycles. The van der Waals surface area contributed by atoms with Gasteiger partial charge in [-0.2, -0.15) is 0 Å². The van der Waals surface area contributed by atoms with Crippen LogP contribution in [0.5, 0.6) is 0 Å². The van der Waals surface area contributed by atoms with Crippen molar-refractivity contribution in [2.75, 3.05) is 142 Å². The molecular weight excluding hydrogens is 1480 g/mol. The van der Waals surface area contributed by atoms with E-state index in [-0.39, 0.29) is 94.5 Å². The molecule has 4 aromatic rings. The number of fused-ring (bicyclic) bond motifs is 4. The van der Waals surface area contributed by atoms with Gasteiger partial charge in [-0.15, -0.1) is 25.7 Å². The molecule has 24 nitrogen and oxygen atoms in total. The normalized spacial score (nSPS) is 19.2. The number of terminal acetylenes is 4. The first-order valence-corrected chi connectivity index (χ1v) is 41.0. The first kappa shape index (κ1) is 89.2. The highest BCUT2D eigenvalue weighted by Crippen LogP contribution is 2.42. The third kappa shape index (κ3) is 21.1. The molecule has 0 unspecified atom stereocenters. The fourth-order valence-corrected chi connectivity index (χ4v) is 16.5. The lowest BCUT2D eigenvalue weighted by atomic mass is 9.86. The Morgan fingerprint density at radius 3 is 0.940 bits per heavy atom. The minimum absolute atomic E-state index is 0.0174. The largest absolute Gasteiger partial charge is 0.378 e. The summed E-state index contributed by atoms with van der Waals surface area (Å²) in [5.41, 5.74) is 17.9. The van der Waals surface area contributed by atoms with Gasteiger partial charge in [0.1, 0.15) is 22.8 Å². The summed E-state index contributed by atoms with van der Waals surface area (Å²) in [5, 5.41) is 0. The van der Waals surface area contributed by atoms with Gasteiger partial charge in [0, 0.05) is 187 Å². The fraction of sp³-hybridized carbons (Fsp3) is 0.527. The van der Waals surface area contributed by atoms with Gasteiger partial charge in [0.05, 0.1) is 67.5 Å². The number of ketones is 7. The molecule has 24 heteroatoms. The van der Waals surface area contributed by atoms with Gasteiger partial charge in [-0.3, -0.25) is 58.3 Å². The molecule has 5 aliphatic heterocycles. The molecule has 0 bridgehead atoms. The van der Waals surface area contributed by atoms with Gasteiger partial charge in [0.15, 0.2) is 40.5 Å². The number of amides is 1.